The van der Waals surface area contributed by atoms with Crippen molar-refractivity contribution in [1.82, 2.24) is 0 Å². The van der Waals surface area contributed by atoms with Gasteiger partial charge in [-0.15, -0.1) is 0 Å². The zero-order valence-electron chi connectivity index (χ0n) is 5.77. The van der Waals surface area contributed by atoms with Crippen molar-refractivity contribution in [2.45, 2.75) is 0 Å². The SMILES string of the molecule is C[N+](C)(C[19F])CCO.[Cl-]. The van der Waals surface area contributed by atoms with E-state index >= 15 is 0 Å². The van der Waals surface area contributed by atoms with Crippen LogP contribution in [-0.2, 0) is 0 Å². The van der Waals surface area contributed by atoms with Crippen LogP contribution in [0, 0.1) is 0 Å². The number of halogens is 2. The minimum atomic E-state index is -0.416. The molecule has 0 aliphatic carbocycles. The smallest absolute Gasteiger partial charge is 0.221 e. The summed E-state index contributed by atoms with van der Waals surface area (Å²) in [5, 5.41) is 8.35. The number of hydrogen-bond donors (Lipinski definition) is 1. The minimum Gasteiger partial charge on any atom is -1.00 e. The molecule has 0 saturated carbocycles. The Hall–Kier alpha value is 0.140. The molecule has 0 aromatic carbocycles. The molecular formula is C5H13ClFNO. The molecule has 0 aliphatic heterocycles. The number of quaternary nitrogens is 1. The second kappa shape index (κ2) is 4.97. The van der Waals surface area contributed by atoms with E-state index in [4.69, 9.17) is 5.11 Å². The van der Waals surface area contributed by atoms with Gasteiger partial charge in [0.1, 0.15) is 6.54 Å². The first-order valence-corrected chi connectivity index (χ1v) is 2.61. The fourth-order valence-electron chi connectivity index (χ4n) is 0.330. The molecule has 9 heavy (non-hydrogen) atoms. The van der Waals surface area contributed by atoms with Gasteiger partial charge < -0.3 is 22.0 Å². The monoisotopic (exact) mass is 157 g/mol. The predicted molar refractivity (Wildman–Crippen MR) is 30.0 cm³/mol. The van der Waals surface area contributed by atoms with Gasteiger partial charge in [-0.05, 0) is 0 Å². The van der Waals surface area contributed by atoms with E-state index in [2.05, 4.69) is 0 Å². The molecule has 0 spiro atoms. The maximum Gasteiger partial charge on any atom is 0.221 e. The van der Waals surface area contributed by atoms with Crippen LogP contribution in [0.25, 0.3) is 0 Å². The van der Waals surface area contributed by atoms with Crippen LogP contribution in [-0.4, -0.2) is 43.6 Å². The van der Waals surface area contributed by atoms with E-state index in [1.165, 1.54) is 0 Å². The van der Waals surface area contributed by atoms with Crippen LogP contribution in [0.3, 0.4) is 0 Å². The molecule has 0 aromatic heterocycles. The maximum absolute atomic E-state index is 11.8. The van der Waals surface area contributed by atoms with Gasteiger partial charge in [0.2, 0.25) is 6.80 Å². The molecule has 1 N–H and O–H groups in total. The quantitative estimate of drug-likeness (QED) is 0.342. The summed E-state index contributed by atoms with van der Waals surface area (Å²) in [6, 6.07) is 0. The zero-order valence-corrected chi connectivity index (χ0v) is 6.53. The summed E-state index contributed by atoms with van der Waals surface area (Å²) in [5.74, 6) is 0. The highest BCUT2D eigenvalue weighted by molar-refractivity contribution is 4.21. The van der Waals surface area contributed by atoms with Gasteiger partial charge in [0.25, 0.3) is 0 Å². The molecule has 0 amide bonds. The summed E-state index contributed by atoms with van der Waals surface area (Å²) in [7, 11) is 3.46. The Morgan fingerprint density at radius 1 is 1.44 bits per heavy atom. The predicted octanol–water partition coefficient (Wildman–Crippen LogP) is -3.01. The van der Waals surface area contributed by atoms with Gasteiger partial charge in [-0.25, -0.2) is 0 Å². The molecule has 2 nitrogen and oxygen atoms in total. The molecule has 0 saturated heterocycles. The Bertz CT molecular complexity index is 70.0. The standard InChI is InChI=1S/C5H13FNO.ClH/c1-7(2,5-6)3-4-8;/h8H,3-5H2,1-2H3;1H/q+1;/p-1/i6+0;. The number of aliphatic hydroxyl groups is 1. The fraction of sp³-hybridized carbons (Fsp3) is 1.00. The van der Waals surface area contributed by atoms with Crippen molar-refractivity contribution in [2.24, 2.45) is 0 Å². The molecule has 0 aromatic rings. The molecule has 0 radical (unpaired) electrons. The lowest BCUT2D eigenvalue weighted by Gasteiger charge is -2.24. The molecule has 0 unspecified atom stereocenters. The van der Waals surface area contributed by atoms with Gasteiger partial charge in [-0.1, -0.05) is 0 Å². The van der Waals surface area contributed by atoms with Crippen molar-refractivity contribution < 1.29 is 26.4 Å². The number of aliphatic hydroxyl groups excluding tert-OH is 1. The van der Waals surface area contributed by atoms with E-state index in [1.807, 2.05) is 0 Å². The normalized spacial score (nSPS) is 10.7. The van der Waals surface area contributed by atoms with Crippen LogP contribution in [0.2, 0.25) is 0 Å². The molecule has 4 heteroatoms. The second-order valence-corrected chi connectivity index (χ2v) is 2.50. The third kappa shape index (κ3) is 6.02. The first-order valence-electron chi connectivity index (χ1n) is 2.61. The average Bonchev–Trinajstić information content (AvgIpc) is 1.67. The van der Waals surface area contributed by atoms with Crippen LogP contribution in [0.5, 0.6) is 0 Å². The lowest BCUT2D eigenvalue weighted by atomic mass is 10.5. The van der Waals surface area contributed by atoms with Crippen LogP contribution >= 0.6 is 0 Å². The van der Waals surface area contributed by atoms with Crippen molar-refractivity contribution in [2.75, 3.05) is 34.0 Å². The lowest BCUT2D eigenvalue weighted by molar-refractivity contribution is -0.903. The van der Waals surface area contributed by atoms with Gasteiger partial charge in [-0.2, -0.15) is 4.39 Å². The number of alkyl halides is 1. The van der Waals surface area contributed by atoms with Crippen molar-refractivity contribution in [3.63, 3.8) is 0 Å². The van der Waals surface area contributed by atoms with Gasteiger partial charge in [0.05, 0.1) is 20.7 Å². The number of hydrogen-bond acceptors (Lipinski definition) is 1. The summed E-state index contributed by atoms with van der Waals surface area (Å²) < 4.78 is 12.1. The van der Waals surface area contributed by atoms with Gasteiger partial charge in [0, 0.05) is 0 Å². The summed E-state index contributed by atoms with van der Waals surface area (Å²) in [4.78, 5) is 0. The average molecular weight is 158 g/mol. The minimum absolute atomic E-state index is 0. The lowest BCUT2D eigenvalue weighted by Crippen LogP contribution is -3.00. The van der Waals surface area contributed by atoms with E-state index in [0.717, 1.165) is 0 Å². The van der Waals surface area contributed by atoms with Crippen LogP contribution in [0.1, 0.15) is 0 Å². The molecule has 58 valence electrons. The second-order valence-electron chi connectivity index (χ2n) is 2.50. The van der Waals surface area contributed by atoms with Crippen LogP contribution in [0.15, 0.2) is 0 Å². The molecule has 0 bridgehead atoms. The largest absolute Gasteiger partial charge is 1.00 e. The van der Waals surface area contributed by atoms with E-state index in [-0.39, 0.29) is 23.5 Å². The van der Waals surface area contributed by atoms with E-state index in [1.54, 1.807) is 14.1 Å². The van der Waals surface area contributed by atoms with Gasteiger partial charge in [0.15, 0.2) is 0 Å². The molecule has 0 atom stereocenters. The fourth-order valence-corrected chi connectivity index (χ4v) is 0.330. The summed E-state index contributed by atoms with van der Waals surface area (Å²) >= 11 is 0. The highest BCUT2D eigenvalue weighted by Crippen LogP contribution is 1.93. The van der Waals surface area contributed by atoms with Crippen molar-refractivity contribution in [3.05, 3.63) is 0 Å². The van der Waals surface area contributed by atoms with Crippen molar-refractivity contribution >= 4 is 0 Å². The topological polar surface area (TPSA) is 20.2 Å². The first-order chi connectivity index (χ1) is 3.62. The van der Waals surface area contributed by atoms with Crippen LogP contribution in [0.4, 0.5) is 4.39 Å². The Balaban J connectivity index is 0. The summed E-state index contributed by atoms with van der Waals surface area (Å²) in [6.07, 6.45) is 0. The van der Waals surface area contributed by atoms with E-state index in [0.29, 0.717) is 6.54 Å². The highest BCUT2D eigenvalue weighted by atomic mass is 35.5. The van der Waals surface area contributed by atoms with Crippen LogP contribution < -0.4 is 12.4 Å². The maximum atomic E-state index is 11.8. The van der Waals surface area contributed by atoms with Gasteiger partial charge in [-0.3, -0.25) is 0 Å². The number of likely N-dealkylation sites (N-methyl/N-ethyl adjacent to an activating group) is 1. The Kier molecular flexibility index (Phi) is 6.56. The molecule has 0 heterocycles. The summed E-state index contributed by atoms with van der Waals surface area (Å²) in [5.41, 5.74) is 0. The highest BCUT2D eigenvalue weighted by Gasteiger charge is 2.11. The molecule has 0 fully saturated rings. The zero-order chi connectivity index (χ0) is 6.62. The Morgan fingerprint density at radius 2 is 1.89 bits per heavy atom. The number of rotatable bonds is 3. The number of nitrogens with zero attached hydrogens (tertiary/aromatic N) is 1. The first kappa shape index (κ1) is 11.9. The Labute approximate surface area is 61.3 Å². The Morgan fingerprint density at radius 3 is 2.00 bits per heavy atom. The third-order valence-electron chi connectivity index (χ3n) is 1.03. The summed E-state index contributed by atoms with van der Waals surface area (Å²) in [6.45, 7) is 0.119. The molecular weight excluding hydrogens is 145 g/mol. The van der Waals surface area contributed by atoms with E-state index < -0.39 is 6.80 Å². The van der Waals surface area contributed by atoms with Crippen molar-refractivity contribution in [3.8, 4) is 0 Å². The van der Waals surface area contributed by atoms with E-state index in [9.17, 15) is 4.39 Å². The third-order valence-corrected chi connectivity index (χ3v) is 1.03. The van der Waals surface area contributed by atoms with Crippen molar-refractivity contribution in [1.29, 1.82) is 0 Å². The molecule has 0 rings (SSSR count). The van der Waals surface area contributed by atoms with Gasteiger partial charge >= 0.3 is 0 Å². The molecule has 0 aliphatic rings.